The zero-order valence-electron chi connectivity index (χ0n) is 6.32. The Hall–Kier alpha value is -0.580. The van der Waals surface area contributed by atoms with Gasteiger partial charge in [0, 0.05) is 12.2 Å². The van der Waals surface area contributed by atoms with Crippen LogP contribution < -0.4 is 0 Å². The lowest BCUT2D eigenvalue weighted by Gasteiger charge is -1.98. The van der Waals surface area contributed by atoms with Crippen LogP contribution in [0.25, 0.3) is 0 Å². The first-order valence-corrected chi connectivity index (χ1v) is 5.47. The lowest BCUT2D eigenvalue weighted by molar-refractivity contribution is 0.317. The second-order valence-electron chi connectivity index (χ2n) is 2.94. The second kappa shape index (κ2) is 2.81. The molecule has 1 aliphatic carbocycles. The molecule has 0 radical (unpaired) electrons. The molecule has 0 spiro atoms. The fourth-order valence-electron chi connectivity index (χ4n) is 0.914. The predicted molar refractivity (Wildman–Crippen MR) is 41.7 cm³/mol. The van der Waals surface area contributed by atoms with E-state index in [1.54, 1.807) is 0 Å². The third-order valence-corrected chi connectivity index (χ3v) is 2.41. The molecule has 0 amide bonds. The van der Waals surface area contributed by atoms with E-state index in [0.717, 1.165) is 19.1 Å². The van der Waals surface area contributed by atoms with Gasteiger partial charge in [0.2, 0.25) is 0 Å². The maximum absolute atomic E-state index is 10.7. The first kappa shape index (κ1) is 8.52. The van der Waals surface area contributed by atoms with Gasteiger partial charge in [-0.05, 0) is 12.8 Å². The minimum atomic E-state index is -3.03. The van der Waals surface area contributed by atoms with E-state index in [-0.39, 0.29) is 11.7 Å². The highest BCUT2D eigenvalue weighted by Crippen LogP contribution is 2.30. The summed E-state index contributed by atoms with van der Waals surface area (Å²) < 4.78 is 21.5. The summed E-state index contributed by atoms with van der Waals surface area (Å²) in [7, 11) is -3.03. The van der Waals surface area contributed by atoms with Crippen molar-refractivity contribution in [3.63, 3.8) is 0 Å². The standard InChI is InChI=1S/C6H11NO3S/c1-11(9,10)4-6(7-8)5-2-3-5/h5,8H,2-4H2,1H3. The molecule has 0 saturated heterocycles. The van der Waals surface area contributed by atoms with Crippen LogP contribution in [0.15, 0.2) is 5.16 Å². The first-order valence-electron chi connectivity index (χ1n) is 3.41. The van der Waals surface area contributed by atoms with Gasteiger partial charge in [0.25, 0.3) is 0 Å². The highest BCUT2D eigenvalue weighted by molar-refractivity contribution is 7.91. The molecule has 1 rings (SSSR count). The van der Waals surface area contributed by atoms with Crippen molar-refractivity contribution >= 4 is 15.5 Å². The molecule has 64 valence electrons. The van der Waals surface area contributed by atoms with Crippen molar-refractivity contribution in [3.05, 3.63) is 0 Å². The molecule has 0 aromatic rings. The number of sulfone groups is 1. The molecule has 1 aliphatic rings. The fraction of sp³-hybridized carbons (Fsp3) is 0.833. The molecule has 0 heterocycles. The summed E-state index contributed by atoms with van der Waals surface area (Å²) in [6.45, 7) is 0. The topological polar surface area (TPSA) is 66.7 Å². The van der Waals surface area contributed by atoms with Gasteiger partial charge in [0.05, 0.1) is 11.5 Å². The third kappa shape index (κ3) is 2.88. The molecule has 0 bridgehead atoms. The highest BCUT2D eigenvalue weighted by Gasteiger charge is 2.29. The van der Waals surface area contributed by atoms with Crippen LogP contribution in [0.2, 0.25) is 0 Å². The summed E-state index contributed by atoms with van der Waals surface area (Å²) >= 11 is 0. The van der Waals surface area contributed by atoms with Crippen molar-refractivity contribution < 1.29 is 13.6 Å². The maximum Gasteiger partial charge on any atom is 0.152 e. The van der Waals surface area contributed by atoms with Crippen LogP contribution in [0, 0.1) is 5.92 Å². The van der Waals surface area contributed by atoms with Gasteiger partial charge in [-0.25, -0.2) is 8.42 Å². The Kier molecular flexibility index (Phi) is 2.17. The van der Waals surface area contributed by atoms with E-state index in [1.807, 2.05) is 0 Å². The Labute approximate surface area is 65.8 Å². The average Bonchev–Trinajstić information content (AvgIpc) is 2.61. The van der Waals surface area contributed by atoms with Crippen molar-refractivity contribution in [2.45, 2.75) is 12.8 Å². The maximum atomic E-state index is 10.7. The number of rotatable bonds is 3. The number of nitrogens with zero attached hydrogens (tertiary/aromatic N) is 1. The number of hydrogen-bond donors (Lipinski definition) is 1. The van der Waals surface area contributed by atoms with Crippen LogP contribution >= 0.6 is 0 Å². The predicted octanol–water partition coefficient (Wildman–Crippen LogP) is 0.271. The van der Waals surface area contributed by atoms with Gasteiger partial charge in [0.1, 0.15) is 0 Å². The summed E-state index contributed by atoms with van der Waals surface area (Å²) in [5.41, 5.74) is 0.410. The molecule has 4 nitrogen and oxygen atoms in total. The van der Waals surface area contributed by atoms with Gasteiger partial charge in [0.15, 0.2) is 9.84 Å². The molecule has 5 heteroatoms. The van der Waals surface area contributed by atoms with E-state index >= 15 is 0 Å². The Balaban J connectivity index is 2.59. The van der Waals surface area contributed by atoms with E-state index in [9.17, 15) is 8.42 Å². The Morgan fingerprint density at radius 1 is 1.64 bits per heavy atom. The van der Waals surface area contributed by atoms with Crippen molar-refractivity contribution in [2.24, 2.45) is 11.1 Å². The van der Waals surface area contributed by atoms with Gasteiger partial charge in [-0.2, -0.15) is 0 Å². The summed E-state index contributed by atoms with van der Waals surface area (Å²) in [4.78, 5) is 0. The monoisotopic (exact) mass is 177 g/mol. The summed E-state index contributed by atoms with van der Waals surface area (Å²) in [5.74, 6) is 0.114. The Bertz CT molecular complexity index is 264. The normalized spacial score (nSPS) is 20.3. The van der Waals surface area contributed by atoms with E-state index in [4.69, 9.17) is 5.21 Å². The average molecular weight is 177 g/mol. The van der Waals surface area contributed by atoms with Crippen LogP contribution in [-0.4, -0.2) is 31.3 Å². The van der Waals surface area contributed by atoms with Crippen molar-refractivity contribution in [1.82, 2.24) is 0 Å². The Morgan fingerprint density at radius 2 is 2.18 bits per heavy atom. The molecule has 0 aromatic carbocycles. The van der Waals surface area contributed by atoms with Crippen LogP contribution in [-0.2, 0) is 9.84 Å². The zero-order valence-corrected chi connectivity index (χ0v) is 7.13. The molecule has 11 heavy (non-hydrogen) atoms. The quantitative estimate of drug-likeness (QED) is 0.382. The molecule has 1 N–H and O–H groups in total. The first-order chi connectivity index (χ1) is 5.03. The summed E-state index contributed by atoms with van der Waals surface area (Å²) in [6.07, 6.45) is 3.05. The lowest BCUT2D eigenvalue weighted by Crippen LogP contribution is -2.16. The summed E-state index contributed by atoms with van der Waals surface area (Å²) in [6, 6.07) is 0. The molecule has 0 atom stereocenters. The summed E-state index contributed by atoms with van der Waals surface area (Å²) in [5, 5.41) is 11.4. The van der Waals surface area contributed by atoms with Crippen LogP contribution in [0.5, 0.6) is 0 Å². The molecule has 1 fully saturated rings. The molecule has 0 unspecified atom stereocenters. The zero-order chi connectivity index (χ0) is 8.48. The van der Waals surface area contributed by atoms with Gasteiger partial charge >= 0.3 is 0 Å². The molecular weight excluding hydrogens is 166 g/mol. The van der Waals surface area contributed by atoms with Crippen LogP contribution in [0.3, 0.4) is 0 Å². The van der Waals surface area contributed by atoms with Gasteiger partial charge in [-0.15, -0.1) is 0 Å². The largest absolute Gasteiger partial charge is 0.411 e. The van der Waals surface area contributed by atoms with Gasteiger partial charge in [-0.3, -0.25) is 0 Å². The Morgan fingerprint density at radius 3 is 2.45 bits per heavy atom. The van der Waals surface area contributed by atoms with Crippen molar-refractivity contribution in [3.8, 4) is 0 Å². The second-order valence-corrected chi connectivity index (χ2v) is 5.08. The van der Waals surface area contributed by atoms with E-state index in [2.05, 4.69) is 5.16 Å². The lowest BCUT2D eigenvalue weighted by atomic mass is 10.3. The number of hydrogen-bond acceptors (Lipinski definition) is 4. The molecular formula is C6H11NO3S. The fourth-order valence-corrected chi connectivity index (χ4v) is 1.74. The number of oxime groups is 1. The van der Waals surface area contributed by atoms with E-state index < -0.39 is 9.84 Å². The van der Waals surface area contributed by atoms with Crippen LogP contribution in [0.4, 0.5) is 0 Å². The SMILES string of the molecule is CS(=O)(=O)CC(=NO)C1CC1. The van der Waals surface area contributed by atoms with Crippen molar-refractivity contribution in [1.29, 1.82) is 0 Å². The van der Waals surface area contributed by atoms with Gasteiger partial charge < -0.3 is 5.21 Å². The molecule has 0 aliphatic heterocycles. The minimum Gasteiger partial charge on any atom is -0.411 e. The van der Waals surface area contributed by atoms with Gasteiger partial charge in [-0.1, -0.05) is 5.16 Å². The third-order valence-electron chi connectivity index (χ3n) is 1.59. The van der Waals surface area contributed by atoms with Crippen molar-refractivity contribution in [2.75, 3.05) is 12.0 Å². The molecule has 1 saturated carbocycles. The van der Waals surface area contributed by atoms with E-state index in [1.165, 1.54) is 0 Å². The minimum absolute atomic E-state index is 0.103. The molecule has 0 aromatic heterocycles. The van der Waals surface area contributed by atoms with E-state index in [0.29, 0.717) is 5.71 Å². The highest BCUT2D eigenvalue weighted by atomic mass is 32.2. The van der Waals surface area contributed by atoms with Crippen LogP contribution in [0.1, 0.15) is 12.8 Å². The smallest absolute Gasteiger partial charge is 0.152 e.